The molecular weight excluding hydrogens is 492 g/mol. The van der Waals surface area contributed by atoms with Crippen LogP contribution in [-0.4, -0.2) is 28.0 Å². The largest absolute Gasteiger partial charge is 0.497 e. The maximum Gasteiger partial charge on any atom is 0.255 e. The number of carbonyl (C=O) groups is 1. The molecule has 5 aromatic rings. The SMILES string of the molecule is COc1ccc(C(=O)Nc2ccc(Oc3ccc(N)cc3)c(Nc3ncnc4nc(C(C)C)ccc34)c2)cc1. The maximum atomic E-state index is 12.9. The van der Waals surface area contributed by atoms with Gasteiger partial charge in [-0.15, -0.1) is 0 Å². The number of pyridine rings is 1. The predicted octanol–water partition coefficient (Wildman–Crippen LogP) is 6.53. The van der Waals surface area contributed by atoms with Crippen molar-refractivity contribution in [3.63, 3.8) is 0 Å². The fourth-order valence-electron chi connectivity index (χ4n) is 3.91. The molecule has 1 amide bonds. The molecule has 196 valence electrons. The summed E-state index contributed by atoms with van der Waals surface area (Å²) in [6, 6.07) is 23.3. The van der Waals surface area contributed by atoms with Crippen LogP contribution in [0.2, 0.25) is 0 Å². The minimum Gasteiger partial charge on any atom is -0.497 e. The molecule has 0 radical (unpaired) electrons. The van der Waals surface area contributed by atoms with Crippen molar-refractivity contribution in [1.29, 1.82) is 0 Å². The van der Waals surface area contributed by atoms with Crippen LogP contribution in [0.15, 0.2) is 85.2 Å². The van der Waals surface area contributed by atoms with Gasteiger partial charge in [0.05, 0.1) is 18.2 Å². The van der Waals surface area contributed by atoms with Crippen molar-refractivity contribution in [1.82, 2.24) is 15.0 Å². The van der Waals surface area contributed by atoms with Gasteiger partial charge in [0.15, 0.2) is 11.4 Å². The number of benzene rings is 3. The Hall–Kier alpha value is -5.18. The van der Waals surface area contributed by atoms with Gasteiger partial charge in [-0.1, -0.05) is 13.8 Å². The van der Waals surface area contributed by atoms with Crippen LogP contribution in [-0.2, 0) is 0 Å². The first-order valence-corrected chi connectivity index (χ1v) is 12.4. The Bertz CT molecular complexity index is 1620. The van der Waals surface area contributed by atoms with E-state index in [-0.39, 0.29) is 11.8 Å². The minimum absolute atomic E-state index is 0.256. The van der Waals surface area contributed by atoms with Crippen LogP contribution in [0.1, 0.15) is 35.8 Å². The second-order valence-corrected chi connectivity index (χ2v) is 9.17. The van der Waals surface area contributed by atoms with Crippen molar-refractivity contribution >= 4 is 39.8 Å². The Balaban J connectivity index is 1.49. The van der Waals surface area contributed by atoms with E-state index in [9.17, 15) is 4.79 Å². The molecule has 9 heteroatoms. The number of nitrogen functional groups attached to an aromatic ring is 1. The number of rotatable bonds is 8. The van der Waals surface area contributed by atoms with Gasteiger partial charge in [-0.05, 0) is 84.8 Å². The molecule has 0 saturated heterocycles. The van der Waals surface area contributed by atoms with E-state index in [0.29, 0.717) is 51.3 Å². The van der Waals surface area contributed by atoms with Gasteiger partial charge in [0, 0.05) is 22.6 Å². The number of nitrogens with zero attached hydrogens (tertiary/aromatic N) is 3. The van der Waals surface area contributed by atoms with Crippen LogP contribution in [0.25, 0.3) is 11.0 Å². The fourth-order valence-corrected chi connectivity index (χ4v) is 3.91. The number of fused-ring (bicyclic) bond motifs is 1. The first-order valence-electron chi connectivity index (χ1n) is 12.4. The van der Waals surface area contributed by atoms with Crippen LogP contribution >= 0.6 is 0 Å². The summed E-state index contributed by atoms with van der Waals surface area (Å²) in [6.07, 6.45) is 1.47. The summed E-state index contributed by atoms with van der Waals surface area (Å²) in [6.45, 7) is 4.17. The number of ether oxygens (including phenoxy) is 2. The van der Waals surface area contributed by atoms with Gasteiger partial charge < -0.3 is 25.8 Å². The third-order valence-corrected chi connectivity index (χ3v) is 6.06. The third kappa shape index (κ3) is 5.88. The van der Waals surface area contributed by atoms with Crippen molar-refractivity contribution in [3.05, 3.63) is 96.4 Å². The zero-order valence-electron chi connectivity index (χ0n) is 21.8. The highest BCUT2D eigenvalue weighted by Gasteiger charge is 2.14. The summed E-state index contributed by atoms with van der Waals surface area (Å²) in [7, 11) is 1.58. The molecule has 39 heavy (non-hydrogen) atoms. The maximum absolute atomic E-state index is 12.9. The van der Waals surface area contributed by atoms with Gasteiger partial charge >= 0.3 is 0 Å². The number of anilines is 4. The Morgan fingerprint density at radius 2 is 1.64 bits per heavy atom. The number of hydrogen-bond donors (Lipinski definition) is 3. The zero-order valence-corrected chi connectivity index (χ0v) is 21.8. The topological polar surface area (TPSA) is 124 Å². The lowest BCUT2D eigenvalue weighted by Crippen LogP contribution is -2.12. The fraction of sp³-hybridized carbons (Fsp3) is 0.133. The highest BCUT2D eigenvalue weighted by molar-refractivity contribution is 6.04. The van der Waals surface area contributed by atoms with Gasteiger partial charge in [-0.25, -0.2) is 15.0 Å². The molecule has 2 heterocycles. The Kier molecular flexibility index (Phi) is 7.22. The molecule has 4 N–H and O–H groups in total. The Morgan fingerprint density at radius 3 is 2.36 bits per heavy atom. The number of nitrogens with two attached hydrogens (primary N) is 1. The Labute approximate surface area is 226 Å². The second-order valence-electron chi connectivity index (χ2n) is 9.17. The van der Waals surface area contributed by atoms with Gasteiger partial charge in [-0.3, -0.25) is 4.79 Å². The smallest absolute Gasteiger partial charge is 0.255 e. The van der Waals surface area contributed by atoms with Crippen molar-refractivity contribution in [3.8, 4) is 17.2 Å². The monoisotopic (exact) mass is 520 g/mol. The quantitative estimate of drug-likeness (QED) is 0.197. The average molecular weight is 521 g/mol. The highest BCUT2D eigenvalue weighted by Crippen LogP contribution is 2.35. The molecule has 5 rings (SSSR count). The molecule has 0 bridgehead atoms. The molecule has 0 spiro atoms. The molecule has 0 fully saturated rings. The minimum atomic E-state index is -0.256. The first-order chi connectivity index (χ1) is 18.9. The van der Waals surface area contributed by atoms with E-state index in [4.69, 9.17) is 15.2 Å². The number of methoxy groups -OCH3 is 1. The molecule has 0 aliphatic carbocycles. The molecule has 9 nitrogen and oxygen atoms in total. The lowest BCUT2D eigenvalue weighted by atomic mass is 10.1. The van der Waals surface area contributed by atoms with Crippen LogP contribution in [0.3, 0.4) is 0 Å². The van der Waals surface area contributed by atoms with Gasteiger partial charge in [-0.2, -0.15) is 0 Å². The van der Waals surface area contributed by atoms with Gasteiger partial charge in [0.2, 0.25) is 0 Å². The molecule has 0 atom stereocenters. The van der Waals surface area contributed by atoms with Gasteiger partial charge in [0.25, 0.3) is 5.91 Å². The summed E-state index contributed by atoms with van der Waals surface area (Å²) in [5, 5.41) is 7.05. The van der Waals surface area contributed by atoms with Crippen LogP contribution < -0.4 is 25.8 Å². The average Bonchev–Trinajstić information content (AvgIpc) is 2.95. The van der Waals surface area contributed by atoms with Crippen molar-refractivity contribution < 1.29 is 14.3 Å². The van der Waals surface area contributed by atoms with E-state index < -0.39 is 0 Å². The van der Waals surface area contributed by atoms with E-state index >= 15 is 0 Å². The molecule has 2 aromatic heterocycles. The summed E-state index contributed by atoms with van der Waals surface area (Å²) in [5.41, 5.74) is 9.66. The van der Waals surface area contributed by atoms with Gasteiger partial charge in [0.1, 0.15) is 23.6 Å². The van der Waals surface area contributed by atoms with Crippen LogP contribution in [0.5, 0.6) is 17.2 Å². The molecular formula is C30H28N6O3. The van der Waals surface area contributed by atoms with E-state index in [1.165, 1.54) is 6.33 Å². The number of aromatic nitrogens is 3. The van der Waals surface area contributed by atoms with E-state index in [0.717, 1.165) is 11.1 Å². The molecule has 0 aliphatic rings. The van der Waals surface area contributed by atoms with Crippen molar-refractivity contribution in [2.24, 2.45) is 0 Å². The first kappa shape index (κ1) is 25.5. The van der Waals surface area contributed by atoms with Crippen LogP contribution in [0, 0.1) is 0 Å². The summed E-state index contributed by atoms with van der Waals surface area (Å²) < 4.78 is 11.3. The molecule has 3 aromatic carbocycles. The van der Waals surface area contributed by atoms with Crippen molar-refractivity contribution in [2.45, 2.75) is 19.8 Å². The third-order valence-electron chi connectivity index (χ3n) is 6.06. The zero-order chi connectivity index (χ0) is 27.4. The number of hydrogen-bond acceptors (Lipinski definition) is 8. The highest BCUT2D eigenvalue weighted by atomic mass is 16.5. The standard InChI is InChI=1S/C30H28N6O3/c1-18(2)25-14-13-24-28(35-25)32-17-33-29(24)36-26-16-21(34-30(37)19-4-9-22(38-3)10-5-19)8-15-27(26)39-23-11-6-20(31)7-12-23/h4-18H,31H2,1-3H3,(H,34,37)(H,32,33,35,36). The summed E-state index contributed by atoms with van der Waals surface area (Å²) >= 11 is 0. The van der Waals surface area contributed by atoms with Crippen molar-refractivity contribution in [2.75, 3.05) is 23.5 Å². The van der Waals surface area contributed by atoms with Crippen LogP contribution in [0.4, 0.5) is 22.9 Å². The second kappa shape index (κ2) is 11.1. The number of amides is 1. The lowest BCUT2D eigenvalue weighted by Gasteiger charge is -2.16. The predicted molar refractivity (Wildman–Crippen MR) is 153 cm³/mol. The number of carbonyl (C=O) groups excluding carboxylic acids is 1. The normalized spacial score (nSPS) is 10.9. The molecule has 0 aliphatic heterocycles. The summed E-state index contributed by atoms with van der Waals surface area (Å²) in [5.74, 6) is 2.39. The number of nitrogens with one attached hydrogen (secondary N) is 2. The lowest BCUT2D eigenvalue weighted by molar-refractivity contribution is 0.102. The van der Waals surface area contributed by atoms with E-state index in [1.807, 2.05) is 12.1 Å². The molecule has 0 unspecified atom stereocenters. The summed E-state index contributed by atoms with van der Waals surface area (Å²) in [4.78, 5) is 26.4. The van der Waals surface area contributed by atoms with E-state index in [1.54, 1.807) is 73.8 Å². The van der Waals surface area contributed by atoms with E-state index in [2.05, 4.69) is 39.4 Å². The molecule has 0 saturated carbocycles. The Morgan fingerprint density at radius 1 is 0.897 bits per heavy atom.